The molecule has 4 aliphatic rings. The Bertz CT molecular complexity index is 829. The van der Waals surface area contributed by atoms with Crippen molar-refractivity contribution in [2.45, 2.75) is 31.2 Å². The number of nitrogens with one attached hydrogen (secondary N) is 1. The highest BCUT2D eigenvalue weighted by Gasteiger charge is 2.59. The first-order valence-corrected chi connectivity index (χ1v) is 10.4. The predicted molar refractivity (Wildman–Crippen MR) is 102 cm³/mol. The van der Waals surface area contributed by atoms with Gasteiger partial charge in [0.2, 0.25) is 17.7 Å². The quantitative estimate of drug-likeness (QED) is 0.592. The number of imide groups is 1. The van der Waals surface area contributed by atoms with Crippen molar-refractivity contribution in [1.29, 1.82) is 0 Å². The third kappa shape index (κ3) is 2.53. The van der Waals surface area contributed by atoms with E-state index in [9.17, 15) is 14.4 Å². The molecule has 27 heavy (non-hydrogen) atoms. The van der Waals surface area contributed by atoms with Crippen molar-refractivity contribution >= 4 is 33.7 Å². The van der Waals surface area contributed by atoms with E-state index in [0.717, 1.165) is 35.7 Å². The molecule has 3 fully saturated rings. The highest BCUT2D eigenvalue weighted by atomic mass is 79.9. The second kappa shape index (κ2) is 6.03. The lowest BCUT2D eigenvalue weighted by Crippen LogP contribution is -2.54. The zero-order valence-corrected chi connectivity index (χ0v) is 16.4. The zero-order valence-electron chi connectivity index (χ0n) is 14.9. The molecule has 3 aliphatic carbocycles. The summed E-state index contributed by atoms with van der Waals surface area (Å²) in [4.78, 5) is 39.5. The summed E-state index contributed by atoms with van der Waals surface area (Å²) in [5.41, 5.74) is 0.698. The van der Waals surface area contributed by atoms with Crippen LogP contribution in [-0.4, -0.2) is 29.2 Å². The molecule has 6 heteroatoms. The summed E-state index contributed by atoms with van der Waals surface area (Å²) in [6.45, 7) is -0.164. The fraction of sp³-hybridized carbons (Fsp3) is 0.476. The van der Waals surface area contributed by atoms with Crippen molar-refractivity contribution in [3.8, 4) is 0 Å². The third-order valence-corrected chi connectivity index (χ3v) is 7.37. The normalized spacial score (nSPS) is 32.6. The molecule has 140 valence electrons. The maximum atomic E-state index is 12.8. The Morgan fingerprint density at radius 3 is 2.19 bits per heavy atom. The van der Waals surface area contributed by atoms with Crippen LogP contribution in [0, 0.1) is 23.7 Å². The number of likely N-dealkylation sites (tertiary alicyclic amines) is 1. The number of benzene rings is 1. The van der Waals surface area contributed by atoms with Gasteiger partial charge >= 0.3 is 0 Å². The Morgan fingerprint density at radius 2 is 1.67 bits per heavy atom. The predicted octanol–water partition coefficient (Wildman–Crippen LogP) is 2.75. The summed E-state index contributed by atoms with van der Waals surface area (Å²) in [5, 5.41) is 3.12. The Balaban J connectivity index is 1.30. The van der Waals surface area contributed by atoms with Gasteiger partial charge in [0, 0.05) is 4.47 Å². The molecule has 0 radical (unpaired) electrons. The molecule has 2 bridgehead atoms. The molecule has 5 rings (SSSR count). The van der Waals surface area contributed by atoms with Gasteiger partial charge in [-0.05, 0) is 55.2 Å². The smallest absolute Gasteiger partial charge is 0.240 e. The van der Waals surface area contributed by atoms with Gasteiger partial charge in [0.05, 0.1) is 17.4 Å². The van der Waals surface area contributed by atoms with Crippen LogP contribution in [0.4, 0.5) is 0 Å². The fourth-order valence-corrected chi connectivity index (χ4v) is 5.62. The summed E-state index contributed by atoms with van der Waals surface area (Å²) in [6.07, 6.45) is 7.84. The van der Waals surface area contributed by atoms with Gasteiger partial charge in [-0.25, -0.2) is 0 Å². The van der Waals surface area contributed by atoms with Crippen LogP contribution in [0.2, 0.25) is 0 Å². The van der Waals surface area contributed by atoms with Crippen molar-refractivity contribution in [2.75, 3.05) is 6.54 Å². The van der Waals surface area contributed by atoms with Gasteiger partial charge in [-0.1, -0.05) is 40.2 Å². The summed E-state index contributed by atoms with van der Waals surface area (Å²) in [7, 11) is 0. The Morgan fingerprint density at radius 1 is 1.07 bits per heavy atom. The van der Waals surface area contributed by atoms with Gasteiger partial charge < -0.3 is 5.32 Å². The first-order valence-electron chi connectivity index (χ1n) is 9.59. The summed E-state index contributed by atoms with van der Waals surface area (Å²) < 4.78 is 0.995. The molecule has 0 unspecified atom stereocenters. The van der Waals surface area contributed by atoms with Crippen molar-refractivity contribution in [1.82, 2.24) is 10.2 Å². The van der Waals surface area contributed by atoms with E-state index in [1.54, 1.807) is 0 Å². The third-order valence-electron chi connectivity index (χ3n) is 6.85. The van der Waals surface area contributed by atoms with Crippen molar-refractivity contribution < 1.29 is 14.4 Å². The minimum absolute atomic E-state index is 0.164. The van der Waals surface area contributed by atoms with E-state index in [0.29, 0.717) is 0 Å². The van der Waals surface area contributed by atoms with Crippen LogP contribution in [0.15, 0.2) is 40.9 Å². The number of fused-ring (bicyclic) bond motifs is 5. The van der Waals surface area contributed by atoms with Gasteiger partial charge in [0.15, 0.2) is 0 Å². The molecule has 1 N–H and O–H groups in total. The number of hydrogen-bond acceptors (Lipinski definition) is 3. The van der Waals surface area contributed by atoms with E-state index in [-0.39, 0.29) is 53.5 Å². The Labute approximate surface area is 166 Å². The van der Waals surface area contributed by atoms with E-state index < -0.39 is 0 Å². The van der Waals surface area contributed by atoms with Crippen LogP contribution >= 0.6 is 15.9 Å². The number of carbonyl (C=O) groups excluding carboxylic acids is 3. The number of hydrogen-bond donors (Lipinski definition) is 1. The maximum absolute atomic E-state index is 12.8. The first kappa shape index (κ1) is 17.2. The highest BCUT2D eigenvalue weighted by molar-refractivity contribution is 9.10. The molecule has 1 aromatic rings. The molecular weight excluding hydrogens is 408 g/mol. The van der Waals surface area contributed by atoms with E-state index in [1.165, 1.54) is 4.90 Å². The van der Waals surface area contributed by atoms with Gasteiger partial charge in [-0.2, -0.15) is 0 Å². The second-order valence-corrected chi connectivity index (χ2v) is 9.17. The number of halogens is 1. The number of nitrogens with zero attached hydrogens (tertiary/aromatic N) is 1. The van der Waals surface area contributed by atoms with Crippen LogP contribution < -0.4 is 5.32 Å². The van der Waals surface area contributed by atoms with Crippen molar-refractivity contribution in [3.05, 3.63) is 46.5 Å². The zero-order chi connectivity index (χ0) is 18.8. The first-order chi connectivity index (χ1) is 13.0. The minimum atomic E-state index is -0.375. The Kier molecular flexibility index (Phi) is 3.83. The molecular formula is C21H21BrN2O3. The lowest BCUT2D eigenvalue weighted by molar-refractivity contribution is -0.145. The average molecular weight is 429 g/mol. The van der Waals surface area contributed by atoms with Crippen LogP contribution in [0.25, 0.3) is 0 Å². The monoisotopic (exact) mass is 428 g/mol. The van der Waals surface area contributed by atoms with Gasteiger partial charge in [0.1, 0.15) is 6.54 Å². The largest absolute Gasteiger partial charge is 0.345 e. The molecule has 4 atom stereocenters. The van der Waals surface area contributed by atoms with Crippen molar-refractivity contribution in [2.24, 2.45) is 23.7 Å². The molecule has 1 aliphatic heterocycles. The SMILES string of the molecule is O=C(CN1C(=O)[C@H]2[C@H](C1=O)[C@H]1C=C[C@H]2C1)NC1(c2ccc(Br)cc2)CCC1. The summed E-state index contributed by atoms with van der Waals surface area (Å²) in [6, 6.07) is 7.98. The van der Waals surface area contributed by atoms with Crippen LogP contribution in [-0.2, 0) is 19.9 Å². The number of amides is 3. The average Bonchev–Trinajstić information content (AvgIpc) is 3.29. The standard InChI is InChI=1S/C21H21BrN2O3/c22-15-6-4-14(5-7-15)21(8-1-9-21)23-16(25)11-24-19(26)17-12-2-3-13(10-12)18(17)20(24)27/h2-7,12-13,17-18H,1,8-11H2,(H,23,25)/t12-,13-,17+,18+/m0/s1. The Hall–Kier alpha value is -1.95. The lowest BCUT2D eigenvalue weighted by atomic mass is 9.72. The van der Waals surface area contributed by atoms with E-state index in [4.69, 9.17) is 0 Å². The van der Waals surface area contributed by atoms with Crippen LogP contribution in [0.3, 0.4) is 0 Å². The highest BCUT2D eigenvalue weighted by Crippen LogP contribution is 2.52. The van der Waals surface area contributed by atoms with E-state index in [1.807, 2.05) is 24.3 Å². The van der Waals surface area contributed by atoms with Gasteiger partial charge in [0.25, 0.3) is 0 Å². The minimum Gasteiger partial charge on any atom is -0.345 e. The summed E-state index contributed by atoms with van der Waals surface area (Å²) >= 11 is 3.44. The van der Waals surface area contributed by atoms with Gasteiger partial charge in [-0.3, -0.25) is 19.3 Å². The molecule has 5 nitrogen and oxygen atoms in total. The van der Waals surface area contributed by atoms with E-state index >= 15 is 0 Å². The summed E-state index contributed by atoms with van der Waals surface area (Å²) in [5.74, 6) is -0.726. The second-order valence-electron chi connectivity index (χ2n) is 8.25. The van der Waals surface area contributed by atoms with E-state index in [2.05, 4.69) is 33.4 Å². The topological polar surface area (TPSA) is 66.5 Å². The molecule has 0 aromatic heterocycles. The number of allylic oxidation sites excluding steroid dienone is 2. The maximum Gasteiger partial charge on any atom is 0.240 e. The van der Waals surface area contributed by atoms with Crippen LogP contribution in [0.5, 0.6) is 0 Å². The fourth-order valence-electron chi connectivity index (χ4n) is 5.36. The lowest BCUT2D eigenvalue weighted by Gasteiger charge is -2.43. The molecule has 3 amide bonds. The number of carbonyl (C=O) groups is 3. The molecule has 1 heterocycles. The molecule has 0 spiro atoms. The van der Waals surface area contributed by atoms with Gasteiger partial charge in [-0.15, -0.1) is 0 Å². The van der Waals surface area contributed by atoms with Crippen LogP contribution in [0.1, 0.15) is 31.2 Å². The number of rotatable bonds is 4. The molecule has 1 aromatic carbocycles. The molecule has 2 saturated carbocycles. The van der Waals surface area contributed by atoms with Crippen molar-refractivity contribution in [3.63, 3.8) is 0 Å². The molecule has 1 saturated heterocycles.